The first-order valence-electron chi connectivity index (χ1n) is 6.65. The van der Waals surface area contributed by atoms with Crippen LogP contribution in [0.2, 0.25) is 0 Å². The molecular formula is C15H21NO2. The van der Waals surface area contributed by atoms with Crippen molar-refractivity contribution in [2.45, 2.75) is 26.8 Å². The van der Waals surface area contributed by atoms with E-state index >= 15 is 0 Å². The van der Waals surface area contributed by atoms with E-state index in [1.807, 2.05) is 19.1 Å². The smallest absolute Gasteiger partial charge is 0.128 e. The van der Waals surface area contributed by atoms with Gasteiger partial charge in [-0.15, -0.1) is 0 Å². The fraction of sp³-hybridized carbons (Fsp3) is 0.467. The van der Waals surface area contributed by atoms with E-state index in [9.17, 15) is 0 Å². The van der Waals surface area contributed by atoms with E-state index in [4.69, 9.17) is 9.47 Å². The summed E-state index contributed by atoms with van der Waals surface area (Å²) in [6.07, 6.45) is 3.13. The second kappa shape index (κ2) is 6.45. The van der Waals surface area contributed by atoms with Crippen LogP contribution in [0.3, 0.4) is 0 Å². The van der Waals surface area contributed by atoms with Crippen molar-refractivity contribution in [2.75, 3.05) is 19.8 Å². The topological polar surface area (TPSA) is 23.4 Å². The fourth-order valence-electron chi connectivity index (χ4n) is 2.04. The molecule has 1 aromatic carbocycles. The molecule has 0 saturated heterocycles. The zero-order valence-electron chi connectivity index (χ0n) is 11.2. The molecule has 0 aliphatic rings. The van der Waals surface area contributed by atoms with E-state index in [0.29, 0.717) is 0 Å². The molecule has 3 nitrogen and oxygen atoms in total. The van der Waals surface area contributed by atoms with Crippen LogP contribution in [0, 0.1) is 0 Å². The molecule has 0 atom stereocenters. The van der Waals surface area contributed by atoms with Gasteiger partial charge in [0.05, 0.1) is 18.7 Å². The number of aromatic nitrogens is 1. The minimum absolute atomic E-state index is 0.750. The molecule has 18 heavy (non-hydrogen) atoms. The Hall–Kier alpha value is -1.48. The van der Waals surface area contributed by atoms with Crippen molar-refractivity contribution in [1.29, 1.82) is 0 Å². The summed E-state index contributed by atoms with van der Waals surface area (Å²) in [5.41, 5.74) is 1.21. The first kappa shape index (κ1) is 13.0. The Balaban J connectivity index is 2.19. The van der Waals surface area contributed by atoms with E-state index in [-0.39, 0.29) is 0 Å². The highest BCUT2D eigenvalue weighted by molar-refractivity contribution is 5.86. The number of nitrogens with zero attached hydrogens (tertiary/aromatic N) is 1. The molecule has 0 saturated carbocycles. The monoisotopic (exact) mass is 247 g/mol. The summed E-state index contributed by atoms with van der Waals surface area (Å²) in [5.74, 6) is 0.976. The van der Waals surface area contributed by atoms with Crippen LogP contribution < -0.4 is 4.74 Å². The van der Waals surface area contributed by atoms with Crippen LogP contribution in [0.25, 0.3) is 10.9 Å². The normalized spacial score (nSPS) is 11.0. The minimum Gasteiger partial charge on any atom is -0.493 e. The Morgan fingerprint density at radius 1 is 1.11 bits per heavy atom. The highest BCUT2D eigenvalue weighted by Crippen LogP contribution is 2.26. The number of hydrogen-bond donors (Lipinski definition) is 0. The third-order valence-electron chi connectivity index (χ3n) is 2.92. The van der Waals surface area contributed by atoms with Gasteiger partial charge in [-0.3, -0.25) is 0 Å². The number of ether oxygens (including phenoxy) is 2. The molecule has 0 fully saturated rings. The van der Waals surface area contributed by atoms with Gasteiger partial charge in [-0.05, 0) is 31.5 Å². The Kier molecular flexibility index (Phi) is 4.65. The summed E-state index contributed by atoms with van der Waals surface area (Å²) in [5, 5.41) is 1.18. The third-order valence-corrected chi connectivity index (χ3v) is 2.92. The molecule has 0 amide bonds. The number of hydrogen-bond acceptors (Lipinski definition) is 2. The first-order chi connectivity index (χ1) is 8.86. The largest absolute Gasteiger partial charge is 0.493 e. The molecule has 3 heteroatoms. The Morgan fingerprint density at radius 3 is 2.78 bits per heavy atom. The molecule has 2 rings (SSSR count). The van der Waals surface area contributed by atoms with Crippen molar-refractivity contribution in [3.05, 3.63) is 30.5 Å². The standard InChI is InChI=1S/C15H21NO2/c1-3-11-18-15-7-5-6-14-13(15)8-9-16(14)10-12-17-4-2/h5-9H,3-4,10-12H2,1-2H3. The van der Waals surface area contributed by atoms with E-state index in [0.717, 1.165) is 38.5 Å². The van der Waals surface area contributed by atoms with E-state index in [1.165, 1.54) is 10.9 Å². The second-order valence-corrected chi connectivity index (χ2v) is 4.24. The molecule has 98 valence electrons. The Morgan fingerprint density at radius 2 is 2.00 bits per heavy atom. The molecule has 1 heterocycles. The maximum atomic E-state index is 5.76. The Bertz CT molecular complexity index is 490. The minimum atomic E-state index is 0.750. The summed E-state index contributed by atoms with van der Waals surface area (Å²) in [7, 11) is 0. The van der Waals surface area contributed by atoms with Crippen molar-refractivity contribution < 1.29 is 9.47 Å². The lowest BCUT2D eigenvalue weighted by Crippen LogP contribution is -2.04. The van der Waals surface area contributed by atoms with Crippen LogP contribution in [0.5, 0.6) is 5.75 Å². The van der Waals surface area contributed by atoms with Crippen molar-refractivity contribution in [1.82, 2.24) is 4.57 Å². The number of rotatable bonds is 7. The highest BCUT2D eigenvalue weighted by atomic mass is 16.5. The molecule has 1 aromatic heterocycles. The summed E-state index contributed by atoms with van der Waals surface area (Å²) in [6, 6.07) is 8.32. The molecule has 0 aliphatic carbocycles. The first-order valence-corrected chi connectivity index (χ1v) is 6.65. The van der Waals surface area contributed by atoms with Crippen molar-refractivity contribution >= 4 is 10.9 Å². The second-order valence-electron chi connectivity index (χ2n) is 4.24. The van der Waals surface area contributed by atoms with Crippen LogP contribution in [-0.2, 0) is 11.3 Å². The van der Waals surface area contributed by atoms with E-state index < -0.39 is 0 Å². The van der Waals surface area contributed by atoms with E-state index in [2.05, 4.69) is 29.8 Å². The van der Waals surface area contributed by atoms with Crippen LogP contribution in [0.4, 0.5) is 0 Å². The lowest BCUT2D eigenvalue weighted by atomic mass is 10.2. The summed E-state index contributed by atoms with van der Waals surface area (Å²) < 4.78 is 13.4. The van der Waals surface area contributed by atoms with Gasteiger partial charge in [0.25, 0.3) is 0 Å². The molecule has 0 aliphatic heterocycles. The lowest BCUT2D eigenvalue weighted by Gasteiger charge is -2.08. The summed E-state index contributed by atoms with van der Waals surface area (Å²) in [4.78, 5) is 0. The van der Waals surface area contributed by atoms with Gasteiger partial charge in [0, 0.05) is 24.7 Å². The average Bonchev–Trinajstić information content (AvgIpc) is 2.81. The van der Waals surface area contributed by atoms with Crippen LogP contribution >= 0.6 is 0 Å². The van der Waals surface area contributed by atoms with Gasteiger partial charge < -0.3 is 14.0 Å². The van der Waals surface area contributed by atoms with Crippen molar-refractivity contribution in [3.63, 3.8) is 0 Å². The van der Waals surface area contributed by atoms with Gasteiger partial charge in [-0.2, -0.15) is 0 Å². The predicted octanol–water partition coefficient (Wildman–Crippen LogP) is 3.47. The molecule has 0 unspecified atom stereocenters. The Labute approximate surface area is 108 Å². The van der Waals surface area contributed by atoms with Crippen molar-refractivity contribution in [2.24, 2.45) is 0 Å². The van der Waals surface area contributed by atoms with Gasteiger partial charge in [0.1, 0.15) is 5.75 Å². The molecule has 0 spiro atoms. The summed E-state index contributed by atoms with van der Waals surface area (Å²) >= 11 is 0. The molecule has 2 aromatic rings. The molecular weight excluding hydrogens is 226 g/mol. The number of fused-ring (bicyclic) bond motifs is 1. The molecule has 0 radical (unpaired) electrons. The predicted molar refractivity (Wildman–Crippen MR) is 74.2 cm³/mol. The average molecular weight is 247 g/mol. The quantitative estimate of drug-likeness (QED) is 0.699. The zero-order valence-corrected chi connectivity index (χ0v) is 11.2. The van der Waals surface area contributed by atoms with Crippen LogP contribution in [-0.4, -0.2) is 24.4 Å². The SMILES string of the molecule is CCCOc1cccc2c1ccn2CCOCC. The van der Waals surface area contributed by atoms with E-state index in [1.54, 1.807) is 0 Å². The lowest BCUT2D eigenvalue weighted by molar-refractivity contribution is 0.140. The fourth-order valence-corrected chi connectivity index (χ4v) is 2.04. The maximum Gasteiger partial charge on any atom is 0.128 e. The molecule has 0 N–H and O–H groups in total. The van der Waals surface area contributed by atoms with Gasteiger partial charge in [-0.25, -0.2) is 0 Å². The van der Waals surface area contributed by atoms with Crippen LogP contribution in [0.1, 0.15) is 20.3 Å². The highest BCUT2D eigenvalue weighted by Gasteiger charge is 2.05. The van der Waals surface area contributed by atoms with Gasteiger partial charge in [0.2, 0.25) is 0 Å². The van der Waals surface area contributed by atoms with Crippen molar-refractivity contribution in [3.8, 4) is 5.75 Å². The molecule has 0 bridgehead atoms. The van der Waals surface area contributed by atoms with Crippen LogP contribution in [0.15, 0.2) is 30.5 Å². The third kappa shape index (κ3) is 2.85. The maximum absolute atomic E-state index is 5.76. The van der Waals surface area contributed by atoms with Gasteiger partial charge in [-0.1, -0.05) is 13.0 Å². The van der Waals surface area contributed by atoms with Gasteiger partial charge in [0.15, 0.2) is 0 Å². The summed E-state index contributed by atoms with van der Waals surface area (Å²) in [6.45, 7) is 7.31. The number of benzene rings is 1. The van der Waals surface area contributed by atoms with Gasteiger partial charge >= 0.3 is 0 Å². The zero-order chi connectivity index (χ0) is 12.8.